The molecule has 0 fully saturated rings. The first-order valence-electron chi connectivity index (χ1n) is 4.22. The van der Waals surface area contributed by atoms with Crippen LogP contribution in [0.15, 0.2) is 12.7 Å². The van der Waals surface area contributed by atoms with Crippen molar-refractivity contribution in [3.05, 3.63) is 12.7 Å². The molecule has 0 aliphatic rings. The summed E-state index contributed by atoms with van der Waals surface area (Å²) in [5.41, 5.74) is -0.956. The van der Waals surface area contributed by atoms with E-state index in [1.807, 2.05) is 0 Å². The molecule has 2 N–H and O–H groups in total. The van der Waals surface area contributed by atoms with Crippen molar-refractivity contribution < 1.29 is 10.2 Å². The minimum Gasteiger partial charge on any atom is -0.396 e. The van der Waals surface area contributed by atoms with Gasteiger partial charge in [0, 0.05) is 12.5 Å². The molecule has 5 nitrogen and oxygen atoms in total. The monoisotopic (exact) mass is 185 g/mol. The lowest BCUT2D eigenvalue weighted by molar-refractivity contribution is -0.0322. The van der Waals surface area contributed by atoms with Gasteiger partial charge in [0.1, 0.15) is 12.7 Å². The molecule has 0 saturated heterocycles. The zero-order chi connectivity index (χ0) is 9.90. The first kappa shape index (κ1) is 10.1. The predicted octanol–water partition coefficient (Wildman–Crippen LogP) is -0.343. The van der Waals surface area contributed by atoms with Gasteiger partial charge in [-0.25, -0.2) is 4.98 Å². The van der Waals surface area contributed by atoms with Gasteiger partial charge < -0.3 is 10.2 Å². The summed E-state index contributed by atoms with van der Waals surface area (Å²) in [6.45, 7) is 3.77. The lowest BCUT2D eigenvalue weighted by atomic mass is 9.91. The van der Waals surface area contributed by atoms with Crippen molar-refractivity contribution >= 4 is 0 Å². The first-order chi connectivity index (χ1) is 6.06. The number of hydrogen-bond donors (Lipinski definition) is 2. The van der Waals surface area contributed by atoms with Crippen molar-refractivity contribution in [1.29, 1.82) is 0 Å². The fraction of sp³-hybridized carbons (Fsp3) is 0.750. The van der Waals surface area contributed by atoms with Gasteiger partial charge in [0.15, 0.2) is 0 Å². The minimum absolute atomic E-state index is 0.0400. The fourth-order valence-corrected chi connectivity index (χ4v) is 0.995. The second-order valence-electron chi connectivity index (χ2n) is 3.53. The molecule has 1 aromatic heterocycles. The third-order valence-corrected chi connectivity index (χ3v) is 2.28. The van der Waals surface area contributed by atoms with Gasteiger partial charge in [-0.05, 0) is 6.92 Å². The Kier molecular flexibility index (Phi) is 3.00. The van der Waals surface area contributed by atoms with Crippen molar-refractivity contribution in [2.45, 2.75) is 26.0 Å². The number of aliphatic hydroxyl groups is 2. The number of hydrogen-bond acceptors (Lipinski definition) is 4. The summed E-state index contributed by atoms with van der Waals surface area (Å²) in [5, 5.41) is 22.7. The molecule has 0 aliphatic heterocycles. The predicted molar refractivity (Wildman–Crippen MR) is 46.9 cm³/mol. The van der Waals surface area contributed by atoms with E-state index >= 15 is 0 Å². The van der Waals surface area contributed by atoms with Crippen molar-refractivity contribution in [3.63, 3.8) is 0 Å². The van der Waals surface area contributed by atoms with Crippen molar-refractivity contribution in [3.8, 4) is 0 Å². The molecule has 2 unspecified atom stereocenters. The quantitative estimate of drug-likeness (QED) is 0.673. The van der Waals surface area contributed by atoms with Crippen LogP contribution in [0.1, 0.15) is 13.8 Å². The topological polar surface area (TPSA) is 71.2 Å². The highest BCUT2D eigenvalue weighted by atomic mass is 16.3. The molecule has 5 heteroatoms. The Morgan fingerprint density at radius 2 is 2.31 bits per heavy atom. The van der Waals surface area contributed by atoms with E-state index in [-0.39, 0.29) is 12.5 Å². The molecule has 2 atom stereocenters. The van der Waals surface area contributed by atoms with Gasteiger partial charge in [-0.1, -0.05) is 6.92 Å². The molecule has 13 heavy (non-hydrogen) atoms. The largest absolute Gasteiger partial charge is 0.396 e. The molecule has 0 radical (unpaired) electrons. The van der Waals surface area contributed by atoms with Gasteiger partial charge in [0.05, 0.1) is 12.1 Å². The number of aromatic nitrogens is 3. The lowest BCUT2D eigenvalue weighted by Gasteiger charge is -2.28. The first-order valence-corrected chi connectivity index (χ1v) is 4.22. The smallest absolute Gasteiger partial charge is 0.137 e. The highest BCUT2D eigenvalue weighted by Crippen LogP contribution is 2.17. The summed E-state index contributed by atoms with van der Waals surface area (Å²) in [6.07, 6.45) is 2.96. The van der Waals surface area contributed by atoms with E-state index in [9.17, 15) is 5.11 Å². The molecule has 0 spiro atoms. The molecule has 74 valence electrons. The summed E-state index contributed by atoms with van der Waals surface area (Å²) in [5.74, 6) is -0.184. The van der Waals surface area contributed by atoms with E-state index in [4.69, 9.17) is 5.11 Å². The van der Waals surface area contributed by atoms with Gasteiger partial charge in [-0.15, -0.1) is 0 Å². The van der Waals surface area contributed by atoms with Crippen LogP contribution in [0.4, 0.5) is 0 Å². The van der Waals surface area contributed by atoms with Crippen LogP contribution < -0.4 is 0 Å². The fourth-order valence-electron chi connectivity index (χ4n) is 0.995. The maximum absolute atomic E-state index is 9.91. The summed E-state index contributed by atoms with van der Waals surface area (Å²) in [4.78, 5) is 3.77. The average molecular weight is 185 g/mol. The van der Waals surface area contributed by atoms with Crippen LogP contribution in [-0.4, -0.2) is 37.2 Å². The molecule has 0 aliphatic carbocycles. The van der Waals surface area contributed by atoms with Crippen LogP contribution in [-0.2, 0) is 6.54 Å². The molecule has 0 amide bonds. The van der Waals surface area contributed by atoms with Crippen molar-refractivity contribution in [2.75, 3.05) is 6.61 Å². The van der Waals surface area contributed by atoms with E-state index in [0.717, 1.165) is 0 Å². The SMILES string of the molecule is CC(CO)C(C)(O)Cn1cncn1. The van der Waals surface area contributed by atoms with E-state index < -0.39 is 5.60 Å². The summed E-state index contributed by atoms with van der Waals surface area (Å²) >= 11 is 0. The van der Waals surface area contributed by atoms with Crippen LogP contribution in [0.3, 0.4) is 0 Å². The second-order valence-corrected chi connectivity index (χ2v) is 3.53. The summed E-state index contributed by atoms with van der Waals surface area (Å²) in [7, 11) is 0. The van der Waals surface area contributed by atoms with E-state index in [2.05, 4.69) is 10.1 Å². The van der Waals surface area contributed by atoms with Crippen LogP contribution in [0, 0.1) is 5.92 Å². The van der Waals surface area contributed by atoms with Gasteiger partial charge in [0.25, 0.3) is 0 Å². The van der Waals surface area contributed by atoms with Crippen molar-refractivity contribution in [1.82, 2.24) is 14.8 Å². The molecule has 1 rings (SSSR count). The van der Waals surface area contributed by atoms with E-state index in [1.165, 1.54) is 6.33 Å². The Morgan fingerprint density at radius 1 is 1.62 bits per heavy atom. The summed E-state index contributed by atoms with van der Waals surface area (Å²) in [6, 6.07) is 0. The zero-order valence-electron chi connectivity index (χ0n) is 7.88. The molecule has 1 aromatic rings. The number of aliphatic hydroxyl groups excluding tert-OH is 1. The summed E-state index contributed by atoms with van der Waals surface area (Å²) < 4.78 is 1.55. The number of rotatable bonds is 4. The lowest BCUT2D eigenvalue weighted by Crippen LogP contribution is -2.39. The molecule has 1 heterocycles. The van der Waals surface area contributed by atoms with Gasteiger partial charge in [-0.2, -0.15) is 5.10 Å². The second kappa shape index (κ2) is 3.85. The van der Waals surface area contributed by atoms with Gasteiger partial charge in [0.2, 0.25) is 0 Å². The molecular weight excluding hydrogens is 170 g/mol. The van der Waals surface area contributed by atoms with Crippen LogP contribution in [0.25, 0.3) is 0 Å². The standard InChI is InChI=1S/C8H15N3O2/c1-7(3-12)8(2,13)4-11-6-9-5-10-11/h5-7,12-13H,3-4H2,1-2H3. The molecular formula is C8H15N3O2. The molecule has 0 aromatic carbocycles. The van der Waals surface area contributed by atoms with Gasteiger partial charge in [-0.3, -0.25) is 4.68 Å². The Bertz CT molecular complexity index is 246. The third-order valence-electron chi connectivity index (χ3n) is 2.28. The maximum atomic E-state index is 9.91. The molecule has 0 saturated carbocycles. The normalized spacial score (nSPS) is 18.2. The Morgan fingerprint density at radius 3 is 2.77 bits per heavy atom. The highest BCUT2D eigenvalue weighted by molar-refractivity contribution is 4.79. The van der Waals surface area contributed by atoms with Crippen LogP contribution >= 0.6 is 0 Å². The van der Waals surface area contributed by atoms with E-state index in [0.29, 0.717) is 6.54 Å². The van der Waals surface area contributed by atoms with Gasteiger partial charge >= 0.3 is 0 Å². The number of nitrogens with zero attached hydrogens (tertiary/aromatic N) is 3. The van der Waals surface area contributed by atoms with Crippen LogP contribution in [0.2, 0.25) is 0 Å². The van der Waals surface area contributed by atoms with E-state index in [1.54, 1.807) is 24.9 Å². The average Bonchev–Trinajstić information content (AvgIpc) is 2.54. The Hall–Kier alpha value is -0.940. The van der Waals surface area contributed by atoms with Crippen LogP contribution in [0.5, 0.6) is 0 Å². The van der Waals surface area contributed by atoms with Crippen molar-refractivity contribution in [2.24, 2.45) is 5.92 Å². The minimum atomic E-state index is -0.956. The maximum Gasteiger partial charge on any atom is 0.137 e. The third kappa shape index (κ3) is 2.50. The Balaban J connectivity index is 2.61. The zero-order valence-corrected chi connectivity index (χ0v) is 7.88. The molecule has 0 bridgehead atoms. The highest BCUT2D eigenvalue weighted by Gasteiger charge is 2.28. The Labute approximate surface area is 77.0 Å².